The maximum Gasteiger partial charge on any atom is 0.203 e. The van der Waals surface area contributed by atoms with Crippen molar-refractivity contribution >= 4 is 17.0 Å². The van der Waals surface area contributed by atoms with Crippen LogP contribution >= 0.6 is 0 Å². The number of hydrogen-bond donors (Lipinski definition) is 1. The third-order valence-electron chi connectivity index (χ3n) is 3.84. The van der Waals surface area contributed by atoms with Crippen LogP contribution in [0.1, 0.15) is 19.3 Å². The van der Waals surface area contributed by atoms with Gasteiger partial charge in [0.05, 0.1) is 17.1 Å². The van der Waals surface area contributed by atoms with Gasteiger partial charge >= 0.3 is 0 Å². The Bertz CT molecular complexity index is 549. The summed E-state index contributed by atoms with van der Waals surface area (Å²) in [5.74, 6) is 0.956. The Kier molecular flexibility index (Phi) is 2.96. The number of imidazole rings is 1. The number of ether oxygens (including phenoxy) is 1. The minimum atomic E-state index is 0.400. The number of nitrogens with one attached hydrogen (secondary N) is 1. The molecule has 2 unspecified atom stereocenters. The van der Waals surface area contributed by atoms with Gasteiger partial charge in [-0.1, -0.05) is 12.1 Å². The molecule has 1 aliphatic rings. The fourth-order valence-corrected chi connectivity index (χ4v) is 2.74. The largest absolute Gasteiger partial charge is 0.381 e. The number of aryl methyl sites for hydroxylation is 1. The van der Waals surface area contributed by atoms with Crippen molar-refractivity contribution in [3.8, 4) is 0 Å². The monoisotopic (exact) mass is 245 g/mol. The highest BCUT2D eigenvalue weighted by atomic mass is 16.5. The van der Waals surface area contributed by atoms with Gasteiger partial charge in [-0.3, -0.25) is 0 Å². The maximum atomic E-state index is 5.40. The number of nitrogens with zero attached hydrogens (tertiary/aromatic N) is 2. The van der Waals surface area contributed by atoms with Gasteiger partial charge in [-0.25, -0.2) is 4.98 Å². The SMILES string of the molecule is COC1CCC(Nc2nc3ccccc3n2C)C1. The second kappa shape index (κ2) is 4.61. The fourth-order valence-electron chi connectivity index (χ4n) is 2.74. The average molecular weight is 245 g/mol. The molecule has 2 atom stereocenters. The van der Waals surface area contributed by atoms with E-state index < -0.39 is 0 Å². The van der Waals surface area contributed by atoms with E-state index in [1.807, 2.05) is 18.2 Å². The Morgan fingerprint density at radius 3 is 2.89 bits per heavy atom. The zero-order valence-electron chi connectivity index (χ0n) is 10.9. The van der Waals surface area contributed by atoms with Crippen LogP contribution in [0.2, 0.25) is 0 Å². The van der Waals surface area contributed by atoms with Gasteiger partial charge in [0.2, 0.25) is 5.95 Å². The van der Waals surface area contributed by atoms with Gasteiger partial charge in [0.15, 0.2) is 0 Å². The van der Waals surface area contributed by atoms with Crippen LogP contribution in [0.3, 0.4) is 0 Å². The summed E-state index contributed by atoms with van der Waals surface area (Å²) in [6.45, 7) is 0. The van der Waals surface area contributed by atoms with Crippen molar-refractivity contribution in [3.05, 3.63) is 24.3 Å². The molecule has 1 fully saturated rings. The molecular formula is C14H19N3O. The van der Waals surface area contributed by atoms with Crippen LogP contribution in [0.5, 0.6) is 0 Å². The van der Waals surface area contributed by atoms with Crippen LogP contribution in [0.15, 0.2) is 24.3 Å². The van der Waals surface area contributed by atoms with E-state index in [1.165, 1.54) is 5.52 Å². The van der Waals surface area contributed by atoms with E-state index in [-0.39, 0.29) is 0 Å². The fraction of sp³-hybridized carbons (Fsp3) is 0.500. The normalized spacial score (nSPS) is 23.7. The smallest absolute Gasteiger partial charge is 0.203 e. The van der Waals surface area contributed by atoms with Gasteiger partial charge < -0.3 is 14.6 Å². The van der Waals surface area contributed by atoms with Gasteiger partial charge in [0, 0.05) is 20.2 Å². The number of rotatable bonds is 3. The first-order chi connectivity index (χ1) is 8.78. The van der Waals surface area contributed by atoms with Crippen molar-refractivity contribution in [3.63, 3.8) is 0 Å². The van der Waals surface area contributed by atoms with E-state index in [2.05, 4.69) is 28.0 Å². The van der Waals surface area contributed by atoms with Crippen LogP contribution in [0, 0.1) is 0 Å². The lowest BCUT2D eigenvalue weighted by molar-refractivity contribution is 0.108. The molecule has 1 N–H and O–H groups in total. The Balaban J connectivity index is 1.81. The van der Waals surface area contributed by atoms with Crippen molar-refractivity contribution < 1.29 is 4.74 Å². The standard InChI is InChI=1S/C14H19N3O/c1-17-13-6-4-3-5-12(13)16-14(17)15-10-7-8-11(9-10)18-2/h3-6,10-11H,7-9H2,1-2H3,(H,15,16). The van der Waals surface area contributed by atoms with Crippen LogP contribution < -0.4 is 5.32 Å². The van der Waals surface area contributed by atoms with Crippen molar-refractivity contribution in [2.75, 3.05) is 12.4 Å². The third-order valence-corrected chi connectivity index (χ3v) is 3.84. The lowest BCUT2D eigenvalue weighted by atomic mass is 10.2. The van der Waals surface area contributed by atoms with Crippen molar-refractivity contribution in [1.29, 1.82) is 0 Å². The Morgan fingerprint density at radius 1 is 1.33 bits per heavy atom. The summed E-state index contributed by atoms with van der Waals surface area (Å²) >= 11 is 0. The van der Waals surface area contributed by atoms with Gasteiger partial charge in [0.1, 0.15) is 0 Å². The summed E-state index contributed by atoms with van der Waals surface area (Å²) in [7, 11) is 3.85. The zero-order valence-corrected chi connectivity index (χ0v) is 10.9. The predicted molar refractivity (Wildman–Crippen MR) is 72.8 cm³/mol. The second-order valence-corrected chi connectivity index (χ2v) is 5.00. The molecule has 1 saturated carbocycles. The van der Waals surface area contributed by atoms with Gasteiger partial charge in [-0.15, -0.1) is 0 Å². The van der Waals surface area contributed by atoms with Crippen molar-refractivity contribution in [2.45, 2.75) is 31.4 Å². The van der Waals surface area contributed by atoms with E-state index >= 15 is 0 Å². The molecule has 1 aromatic heterocycles. The molecular weight excluding hydrogens is 226 g/mol. The Morgan fingerprint density at radius 2 is 2.17 bits per heavy atom. The van der Waals surface area contributed by atoms with E-state index in [4.69, 9.17) is 4.74 Å². The molecule has 0 radical (unpaired) electrons. The number of aromatic nitrogens is 2. The first kappa shape index (κ1) is 11.5. The molecule has 0 spiro atoms. The van der Waals surface area contributed by atoms with Crippen molar-refractivity contribution in [1.82, 2.24) is 9.55 Å². The minimum Gasteiger partial charge on any atom is -0.381 e. The highest BCUT2D eigenvalue weighted by molar-refractivity contribution is 5.78. The summed E-state index contributed by atoms with van der Waals surface area (Å²) in [5, 5.41) is 3.53. The van der Waals surface area contributed by atoms with Gasteiger partial charge in [-0.2, -0.15) is 0 Å². The predicted octanol–water partition coefficient (Wildman–Crippen LogP) is 2.55. The topological polar surface area (TPSA) is 39.1 Å². The Labute approximate surface area is 107 Å². The van der Waals surface area contributed by atoms with E-state index in [0.717, 1.165) is 30.7 Å². The molecule has 1 aliphatic carbocycles. The minimum absolute atomic E-state index is 0.400. The summed E-state index contributed by atoms with van der Waals surface area (Å²) in [5.41, 5.74) is 2.21. The number of methoxy groups -OCH3 is 1. The van der Waals surface area contributed by atoms with E-state index in [0.29, 0.717) is 12.1 Å². The molecule has 2 aromatic rings. The van der Waals surface area contributed by atoms with Crippen LogP contribution in [0.25, 0.3) is 11.0 Å². The van der Waals surface area contributed by atoms with Crippen molar-refractivity contribution in [2.24, 2.45) is 7.05 Å². The van der Waals surface area contributed by atoms with E-state index in [9.17, 15) is 0 Å². The van der Waals surface area contributed by atoms with E-state index in [1.54, 1.807) is 7.11 Å². The molecule has 3 rings (SSSR count). The second-order valence-electron chi connectivity index (χ2n) is 5.00. The molecule has 0 amide bonds. The number of hydrogen-bond acceptors (Lipinski definition) is 3. The number of anilines is 1. The summed E-state index contributed by atoms with van der Waals surface area (Å²) in [6, 6.07) is 8.69. The lowest BCUT2D eigenvalue weighted by Crippen LogP contribution is -2.19. The zero-order chi connectivity index (χ0) is 12.5. The van der Waals surface area contributed by atoms with Crippen LogP contribution in [-0.2, 0) is 11.8 Å². The molecule has 1 aromatic carbocycles. The molecule has 1 heterocycles. The van der Waals surface area contributed by atoms with Crippen LogP contribution in [0.4, 0.5) is 5.95 Å². The van der Waals surface area contributed by atoms with Gasteiger partial charge in [0.25, 0.3) is 0 Å². The third kappa shape index (κ3) is 1.97. The molecule has 18 heavy (non-hydrogen) atoms. The first-order valence-electron chi connectivity index (χ1n) is 6.48. The quantitative estimate of drug-likeness (QED) is 0.903. The first-order valence-corrected chi connectivity index (χ1v) is 6.48. The summed E-state index contributed by atoms with van der Waals surface area (Å²) < 4.78 is 7.52. The number of benzene rings is 1. The average Bonchev–Trinajstić information content (AvgIpc) is 2.97. The molecule has 0 saturated heterocycles. The highest BCUT2D eigenvalue weighted by Gasteiger charge is 2.25. The summed E-state index contributed by atoms with van der Waals surface area (Å²) in [4.78, 5) is 4.64. The molecule has 0 bridgehead atoms. The molecule has 0 aliphatic heterocycles. The van der Waals surface area contributed by atoms with Gasteiger partial charge in [-0.05, 0) is 31.4 Å². The highest BCUT2D eigenvalue weighted by Crippen LogP contribution is 2.26. The number of fused-ring (bicyclic) bond motifs is 1. The molecule has 96 valence electrons. The van der Waals surface area contributed by atoms with Crippen LogP contribution in [-0.4, -0.2) is 28.8 Å². The molecule has 4 heteroatoms. The number of para-hydroxylation sites is 2. The summed E-state index contributed by atoms with van der Waals surface area (Å²) in [6.07, 6.45) is 3.76. The molecule has 4 nitrogen and oxygen atoms in total. The maximum absolute atomic E-state index is 5.40. The Hall–Kier alpha value is -1.55. The lowest BCUT2D eigenvalue weighted by Gasteiger charge is -2.13.